The van der Waals surface area contributed by atoms with E-state index in [9.17, 15) is 4.79 Å². The number of rotatable bonds is 6. The number of aromatic amines is 1. The van der Waals surface area contributed by atoms with Gasteiger partial charge >= 0.3 is 0 Å². The maximum Gasteiger partial charge on any atom is 0.251 e. The number of pyridine rings is 1. The standard InChI is InChI=1S/C14H20N6O/c1-9(2)11-6-10(7-13(15-3)19-11)14(21)16-5-4-12-17-8-18-20-12/h6-9H,4-5H2,1-3H3,(H,15,19)(H,16,21)(H,17,18,20). The first-order chi connectivity index (χ1) is 10.1. The zero-order valence-electron chi connectivity index (χ0n) is 12.5. The quantitative estimate of drug-likeness (QED) is 0.745. The van der Waals surface area contributed by atoms with Crippen LogP contribution in [0, 0.1) is 0 Å². The van der Waals surface area contributed by atoms with Gasteiger partial charge in [0.25, 0.3) is 5.91 Å². The largest absolute Gasteiger partial charge is 0.373 e. The van der Waals surface area contributed by atoms with Crippen LogP contribution in [0.4, 0.5) is 5.82 Å². The third-order valence-corrected chi connectivity index (χ3v) is 3.07. The lowest BCUT2D eigenvalue weighted by atomic mass is 10.1. The minimum Gasteiger partial charge on any atom is -0.373 e. The molecule has 21 heavy (non-hydrogen) atoms. The number of amides is 1. The summed E-state index contributed by atoms with van der Waals surface area (Å²) in [5, 5.41) is 12.4. The van der Waals surface area contributed by atoms with Crippen molar-refractivity contribution in [1.29, 1.82) is 0 Å². The van der Waals surface area contributed by atoms with Crippen LogP contribution in [0.1, 0.15) is 41.6 Å². The molecule has 0 spiro atoms. The minimum atomic E-state index is -0.115. The SMILES string of the molecule is CNc1cc(C(=O)NCCc2ncn[nH]2)cc(C(C)C)n1. The van der Waals surface area contributed by atoms with Crippen molar-refractivity contribution in [3.8, 4) is 0 Å². The van der Waals surface area contributed by atoms with E-state index in [4.69, 9.17) is 0 Å². The van der Waals surface area contributed by atoms with E-state index in [1.54, 1.807) is 13.1 Å². The number of carbonyl (C=O) groups is 1. The molecule has 0 saturated heterocycles. The third-order valence-electron chi connectivity index (χ3n) is 3.07. The molecule has 0 saturated carbocycles. The Morgan fingerprint density at radius 1 is 1.38 bits per heavy atom. The Hall–Kier alpha value is -2.44. The van der Waals surface area contributed by atoms with Gasteiger partial charge in [-0.2, -0.15) is 5.10 Å². The monoisotopic (exact) mass is 288 g/mol. The molecule has 2 aromatic heterocycles. The lowest BCUT2D eigenvalue weighted by Gasteiger charge is -2.11. The number of hydrogen-bond donors (Lipinski definition) is 3. The summed E-state index contributed by atoms with van der Waals surface area (Å²) >= 11 is 0. The van der Waals surface area contributed by atoms with Crippen molar-refractivity contribution in [2.24, 2.45) is 0 Å². The van der Waals surface area contributed by atoms with E-state index in [1.165, 1.54) is 6.33 Å². The summed E-state index contributed by atoms with van der Waals surface area (Å²) in [6.07, 6.45) is 2.07. The molecule has 0 atom stereocenters. The van der Waals surface area contributed by atoms with Gasteiger partial charge in [0.1, 0.15) is 18.0 Å². The van der Waals surface area contributed by atoms with Crippen LogP contribution in [0.2, 0.25) is 0 Å². The van der Waals surface area contributed by atoms with Crippen LogP contribution in [0.15, 0.2) is 18.5 Å². The van der Waals surface area contributed by atoms with E-state index in [0.717, 1.165) is 11.5 Å². The normalized spacial score (nSPS) is 10.7. The smallest absolute Gasteiger partial charge is 0.251 e. The summed E-state index contributed by atoms with van der Waals surface area (Å²) in [6, 6.07) is 3.57. The Labute approximate surface area is 123 Å². The van der Waals surface area contributed by atoms with E-state index in [1.807, 2.05) is 19.9 Å². The van der Waals surface area contributed by atoms with Crippen molar-refractivity contribution < 1.29 is 4.79 Å². The molecule has 0 aromatic carbocycles. The second kappa shape index (κ2) is 6.83. The molecule has 2 aromatic rings. The number of H-pyrrole nitrogens is 1. The lowest BCUT2D eigenvalue weighted by Crippen LogP contribution is -2.26. The van der Waals surface area contributed by atoms with Gasteiger partial charge in [-0.05, 0) is 18.1 Å². The topological polar surface area (TPSA) is 95.6 Å². The number of anilines is 1. The van der Waals surface area contributed by atoms with Crippen LogP contribution in [0.3, 0.4) is 0 Å². The molecule has 2 rings (SSSR count). The van der Waals surface area contributed by atoms with Gasteiger partial charge in [-0.25, -0.2) is 9.97 Å². The summed E-state index contributed by atoms with van der Waals surface area (Å²) in [5.41, 5.74) is 1.50. The predicted octanol–water partition coefficient (Wildman–Crippen LogP) is 1.34. The van der Waals surface area contributed by atoms with Gasteiger partial charge in [0.05, 0.1) is 0 Å². The highest BCUT2D eigenvalue weighted by Crippen LogP contribution is 2.17. The molecular weight excluding hydrogens is 268 g/mol. The number of carbonyl (C=O) groups excluding carboxylic acids is 1. The number of aromatic nitrogens is 4. The maximum absolute atomic E-state index is 12.2. The van der Waals surface area contributed by atoms with Gasteiger partial charge in [0.15, 0.2) is 0 Å². The zero-order chi connectivity index (χ0) is 15.2. The van der Waals surface area contributed by atoms with Crippen molar-refractivity contribution in [2.45, 2.75) is 26.2 Å². The molecular formula is C14H20N6O. The van der Waals surface area contributed by atoms with Crippen LogP contribution in [0.5, 0.6) is 0 Å². The third kappa shape index (κ3) is 4.01. The van der Waals surface area contributed by atoms with E-state index in [2.05, 4.69) is 30.8 Å². The van der Waals surface area contributed by atoms with Crippen molar-refractivity contribution in [3.05, 3.63) is 35.5 Å². The van der Waals surface area contributed by atoms with Crippen LogP contribution in [-0.4, -0.2) is 39.7 Å². The highest BCUT2D eigenvalue weighted by Gasteiger charge is 2.11. The van der Waals surface area contributed by atoms with Crippen LogP contribution in [0.25, 0.3) is 0 Å². The van der Waals surface area contributed by atoms with Crippen molar-refractivity contribution >= 4 is 11.7 Å². The van der Waals surface area contributed by atoms with Crippen LogP contribution >= 0.6 is 0 Å². The molecule has 0 fully saturated rings. The van der Waals surface area contributed by atoms with E-state index in [0.29, 0.717) is 24.3 Å². The Balaban J connectivity index is 2.02. The molecule has 3 N–H and O–H groups in total. The average Bonchev–Trinajstić information content (AvgIpc) is 2.99. The van der Waals surface area contributed by atoms with Gasteiger partial charge in [-0.15, -0.1) is 0 Å². The molecule has 0 aliphatic heterocycles. The van der Waals surface area contributed by atoms with Crippen LogP contribution < -0.4 is 10.6 Å². The van der Waals surface area contributed by atoms with Crippen molar-refractivity contribution in [2.75, 3.05) is 18.9 Å². The highest BCUT2D eigenvalue weighted by atomic mass is 16.1. The summed E-state index contributed by atoms with van der Waals surface area (Å²) in [4.78, 5) is 20.7. The Bertz CT molecular complexity index is 594. The molecule has 0 radical (unpaired) electrons. The number of hydrogen-bond acceptors (Lipinski definition) is 5. The summed E-state index contributed by atoms with van der Waals surface area (Å²) in [6.45, 7) is 4.60. The van der Waals surface area contributed by atoms with E-state index < -0.39 is 0 Å². The van der Waals surface area contributed by atoms with Gasteiger partial charge in [-0.1, -0.05) is 13.8 Å². The van der Waals surface area contributed by atoms with Gasteiger partial charge in [0.2, 0.25) is 0 Å². The molecule has 1 amide bonds. The molecule has 7 heteroatoms. The van der Waals surface area contributed by atoms with Crippen molar-refractivity contribution in [1.82, 2.24) is 25.5 Å². The van der Waals surface area contributed by atoms with Crippen LogP contribution in [-0.2, 0) is 6.42 Å². The maximum atomic E-state index is 12.2. The first-order valence-corrected chi connectivity index (χ1v) is 6.92. The lowest BCUT2D eigenvalue weighted by molar-refractivity contribution is 0.0954. The zero-order valence-corrected chi connectivity index (χ0v) is 12.5. The van der Waals surface area contributed by atoms with E-state index in [-0.39, 0.29) is 11.8 Å². The molecule has 0 unspecified atom stereocenters. The average molecular weight is 288 g/mol. The van der Waals surface area contributed by atoms with Crippen molar-refractivity contribution in [3.63, 3.8) is 0 Å². The fourth-order valence-electron chi connectivity index (χ4n) is 1.85. The summed E-state index contributed by atoms with van der Waals surface area (Å²) < 4.78 is 0. The van der Waals surface area contributed by atoms with Gasteiger partial charge in [-0.3, -0.25) is 9.89 Å². The molecule has 7 nitrogen and oxygen atoms in total. The minimum absolute atomic E-state index is 0.115. The molecule has 2 heterocycles. The van der Waals surface area contributed by atoms with Gasteiger partial charge < -0.3 is 10.6 Å². The second-order valence-corrected chi connectivity index (χ2v) is 5.01. The second-order valence-electron chi connectivity index (χ2n) is 5.01. The van der Waals surface area contributed by atoms with E-state index >= 15 is 0 Å². The first kappa shape index (κ1) is 15.0. The Morgan fingerprint density at radius 2 is 2.19 bits per heavy atom. The summed E-state index contributed by atoms with van der Waals surface area (Å²) in [7, 11) is 1.79. The molecule has 0 bridgehead atoms. The fraction of sp³-hybridized carbons (Fsp3) is 0.429. The summed E-state index contributed by atoms with van der Waals surface area (Å²) in [5.74, 6) is 1.60. The Kier molecular flexibility index (Phi) is 4.86. The molecule has 0 aliphatic rings. The molecule has 112 valence electrons. The number of nitrogens with one attached hydrogen (secondary N) is 3. The molecule has 0 aliphatic carbocycles. The predicted molar refractivity (Wildman–Crippen MR) is 80.3 cm³/mol. The highest BCUT2D eigenvalue weighted by molar-refractivity contribution is 5.95. The number of nitrogens with zero attached hydrogens (tertiary/aromatic N) is 3. The van der Waals surface area contributed by atoms with Gasteiger partial charge in [0, 0.05) is 31.3 Å². The first-order valence-electron chi connectivity index (χ1n) is 6.92. The Morgan fingerprint density at radius 3 is 2.81 bits per heavy atom. The fourth-order valence-corrected chi connectivity index (χ4v) is 1.85.